The third kappa shape index (κ3) is 0.897. The first-order valence-electron chi connectivity index (χ1n) is 3.77. The molecule has 0 saturated heterocycles. The Labute approximate surface area is 65.4 Å². The Morgan fingerprint density at radius 3 is 3.00 bits per heavy atom. The van der Waals surface area contributed by atoms with Gasteiger partial charge in [-0.2, -0.15) is 0 Å². The van der Waals surface area contributed by atoms with Gasteiger partial charge in [-0.1, -0.05) is 6.07 Å². The molecule has 0 atom stereocenters. The average Bonchev–Trinajstić information content (AvgIpc) is 2.35. The number of hydrogen-bond acceptors (Lipinski definition) is 1. The van der Waals surface area contributed by atoms with Gasteiger partial charge in [0.25, 0.3) is 0 Å². The van der Waals surface area contributed by atoms with Crippen LogP contribution in [0.25, 0.3) is 0 Å². The molecule has 0 aliphatic carbocycles. The zero-order valence-corrected chi connectivity index (χ0v) is 6.47. The number of anilines is 1. The van der Waals surface area contributed by atoms with Crippen LogP contribution in [0.3, 0.4) is 0 Å². The lowest BCUT2D eigenvalue weighted by molar-refractivity contribution is 0.615. The highest BCUT2D eigenvalue weighted by molar-refractivity contribution is 5.57. The molecule has 0 radical (unpaired) electrons. The van der Waals surface area contributed by atoms with Gasteiger partial charge in [0.2, 0.25) is 0 Å². The summed E-state index contributed by atoms with van der Waals surface area (Å²) in [6, 6.07) is 5.25. The molecule has 1 aliphatic rings. The topological polar surface area (TPSA) is 3.24 Å². The molecular weight excluding hydrogens is 141 g/mol. The van der Waals surface area contributed by atoms with Gasteiger partial charge in [0.15, 0.2) is 0 Å². The third-order valence-electron chi connectivity index (χ3n) is 2.20. The second kappa shape index (κ2) is 2.22. The number of fused-ring (bicyclic) bond motifs is 1. The standard InChI is InChI=1S/C9H10FN/c1-11-6-5-7-8(10)3-2-4-9(7)11/h2-4H,5-6H2,1H3. The zero-order chi connectivity index (χ0) is 7.84. The lowest BCUT2D eigenvalue weighted by Gasteiger charge is -2.10. The van der Waals surface area contributed by atoms with Crippen LogP contribution in [0.5, 0.6) is 0 Å². The van der Waals surface area contributed by atoms with E-state index in [4.69, 9.17) is 0 Å². The molecule has 1 aromatic carbocycles. The highest BCUT2D eigenvalue weighted by atomic mass is 19.1. The molecule has 2 heteroatoms. The normalized spacial score (nSPS) is 15.3. The van der Waals surface area contributed by atoms with Gasteiger partial charge in [0.05, 0.1) is 0 Å². The second-order valence-electron chi connectivity index (χ2n) is 2.91. The monoisotopic (exact) mass is 151 g/mol. The first-order chi connectivity index (χ1) is 5.29. The van der Waals surface area contributed by atoms with Crippen LogP contribution < -0.4 is 4.90 Å². The quantitative estimate of drug-likeness (QED) is 0.546. The van der Waals surface area contributed by atoms with Gasteiger partial charge >= 0.3 is 0 Å². The van der Waals surface area contributed by atoms with Crippen LogP contribution in [0.1, 0.15) is 5.56 Å². The van der Waals surface area contributed by atoms with E-state index >= 15 is 0 Å². The van der Waals surface area contributed by atoms with E-state index in [2.05, 4.69) is 4.90 Å². The molecule has 0 bridgehead atoms. The number of halogens is 1. The van der Waals surface area contributed by atoms with Crippen molar-refractivity contribution in [2.75, 3.05) is 18.5 Å². The summed E-state index contributed by atoms with van der Waals surface area (Å²) in [5.74, 6) is -0.0631. The molecule has 0 amide bonds. The first-order valence-corrected chi connectivity index (χ1v) is 3.77. The van der Waals surface area contributed by atoms with E-state index in [0.717, 1.165) is 24.2 Å². The summed E-state index contributed by atoms with van der Waals surface area (Å²) in [4.78, 5) is 2.08. The minimum absolute atomic E-state index is 0.0631. The molecule has 0 aromatic heterocycles. The van der Waals surface area contributed by atoms with Crippen LogP contribution in [0.15, 0.2) is 18.2 Å². The van der Waals surface area contributed by atoms with Crippen molar-refractivity contribution >= 4 is 5.69 Å². The minimum Gasteiger partial charge on any atom is -0.374 e. The SMILES string of the molecule is CN1CCc2c(F)cccc21. The number of likely N-dealkylation sites (N-methyl/N-ethyl adjacent to an activating group) is 1. The molecule has 1 heterocycles. The van der Waals surface area contributed by atoms with Gasteiger partial charge < -0.3 is 4.90 Å². The van der Waals surface area contributed by atoms with Crippen LogP contribution in [-0.4, -0.2) is 13.6 Å². The molecule has 0 spiro atoms. The third-order valence-corrected chi connectivity index (χ3v) is 2.20. The van der Waals surface area contributed by atoms with E-state index in [-0.39, 0.29) is 5.82 Å². The molecule has 1 aliphatic heterocycles. The van der Waals surface area contributed by atoms with Gasteiger partial charge in [0, 0.05) is 24.8 Å². The van der Waals surface area contributed by atoms with E-state index in [1.807, 2.05) is 13.1 Å². The molecule has 0 saturated carbocycles. The molecule has 11 heavy (non-hydrogen) atoms. The molecule has 1 aromatic rings. The maximum atomic E-state index is 13.0. The molecule has 1 nitrogen and oxygen atoms in total. The fourth-order valence-electron chi connectivity index (χ4n) is 1.55. The van der Waals surface area contributed by atoms with Crippen LogP contribution in [0.2, 0.25) is 0 Å². The predicted octanol–water partition coefficient (Wildman–Crippen LogP) is 1.82. The number of nitrogens with zero attached hydrogens (tertiary/aromatic N) is 1. The summed E-state index contributed by atoms with van der Waals surface area (Å²) in [5.41, 5.74) is 1.92. The van der Waals surface area contributed by atoms with Crippen molar-refractivity contribution in [1.82, 2.24) is 0 Å². The summed E-state index contributed by atoms with van der Waals surface area (Å²) >= 11 is 0. The van der Waals surface area contributed by atoms with Gasteiger partial charge in [-0.3, -0.25) is 0 Å². The van der Waals surface area contributed by atoms with E-state index < -0.39 is 0 Å². The van der Waals surface area contributed by atoms with Crippen LogP contribution in [-0.2, 0) is 6.42 Å². The Morgan fingerprint density at radius 2 is 2.27 bits per heavy atom. The van der Waals surface area contributed by atoms with Crippen molar-refractivity contribution in [3.8, 4) is 0 Å². The average molecular weight is 151 g/mol. The number of hydrogen-bond donors (Lipinski definition) is 0. The lowest BCUT2D eigenvalue weighted by Crippen LogP contribution is -2.12. The fourth-order valence-corrected chi connectivity index (χ4v) is 1.55. The second-order valence-corrected chi connectivity index (χ2v) is 2.91. The van der Waals surface area contributed by atoms with Gasteiger partial charge in [-0.05, 0) is 18.6 Å². The Bertz CT molecular complexity index is 283. The molecule has 58 valence electrons. The van der Waals surface area contributed by atoms with Crippen LogP contribution in [0, 0.1) is 5.82 Å². The number of rotatable bonds is 0. The Kier molecular flexibility index (Phi) is 1.34. The van der Waals surface area contributed by atoms with E-state index in [9.17, 15) is 4.39 Å². The Balaban J connectivity index is 2.57. The molecule has 0 N–H and O–H groups in total. The van der Waals surface area contributed by atoms with Crippen molar-refractivity contribution in [1.29, 1.82) is 0 Å². The number of benzene rings is 1. The summed E-state index contributed by atoms with van der Waals surface area (Å²) in [7, 11) is 1.99. The largest absolute Gasteiger partial charge is 0.374 e. The van der Waals surface area contributed by atoms with E-state index in [0.29, 0.717) is 0 Å². The zero-order valence-electron chi connectivity index (χ0n) is 6.47. The molecule has 0 fully saturated rings. The highest BCUT2D eigenvalue weighted by Gasteiger charge is 2.17. The summed E-state index contributed by atoms with van der Waals surface area (Å²) in [5, 5.41) is 0. The van der Waals surface area contributed by atoms with Gasteiger partial charge in [-0.15, -0.1) is 0 Å². The van der Waals surface area contributed by atoms with Gasteiger partial charge in [-0.25, -0.2) is 4.39 Å². The van der Waals surface area contributed by atoms with Crippen molar-refractivity contribution in [3.05, 3.63) is 29.6 Å². The van der Waals surface area contributed by atoms with Crippen molar-refractivity contribution < 1.29 is 4.39 Å². The summed E-state index contributed by atoms with van der Waals surface area (Å²) < 4.78 is 13.0. The minimum atomic E-state index is -0.0631. The smallest absolute Gasteiger partial charge is 0.128 e. The Morgan fingerprint density at radius 1 is 1.45 bits per heavy atom. The van der Waals surface area contributed by atoms with Crippen LogP contribution in [0.4, 0.5) is 10.1 Å². The maximum Gasteiger partial charge on any atom is 0.128 e. The lowest BCUT2D eigenvalue weighted by atomic mass is 10.1. The molecular formula is C9H10FN. The predicted molar refractivity (Wildman–Crippen MR) is 43.4 cm³/mol. The highest BCUT2D eigenvalue weighted by Crippen LogP contribution is 2.27. The van der Waals surface area contributed by atoms with Gasteiger partial charge in [0.1, 0.15) is 5.82 Å². The molecule has 2 rings (SSSR count). The Hall–Kier alpha value is -1.05. The van der Waals surface area contributed by atoms with E-state index in [1.165, 1.54) is 6.07 Å². The summed E-state index contributed by atoms with van der Waals surface area (Å²) in [6.45, 7) is 0.941. The van der Waals surface area contributed by atoms with Crippen LogP contribution >= 0.6 is 0 Å². The molecule has 0 unspecified atom stereocenters. The van der Waals surface area contributed by atoms with Crippen molar-refractivity contribution in [3.63, 3.8) is 0 Å². The van der Waals surface area contributed by atoms with Crippen molar-refractivity contribution in [2.45, 2.75) is 6.42 Å². The fraction of sp³-hybridized carbons (Fsp3) is 0.333. The summed E-state index contributed by atoms with van der Waals surface area (Å²) in [6.07, 6.45) is 0.846. The van der Waals surface area contributed by atoms with E-state index in [1.54, 1.807) is 6.07 Å². The maximum absolute atomic E-state index is 13.0. The first kappa shape index (κ1) is 6.65. The van der Waals surface area contributed by atoms with Crippen molar-refractivity contribution in [2.24, 2.45) is 0 Å².